The largest absolute Gasteiger partial charge is 0.492 e. The van der Waals surface area contributed by atoms with Crippen LogP contribution in [0.5, 0.6) is 5.75 Å². The predicted octanol–water partition coefficient (Wildman–Crippen LogP) is 5.99. The summed E-state index contributed by atoms with van der Waals surface area (Å²) in [6, 6.07) is 10.9. The van der Waals surface area contributed by atoms with E-state index < -0.39 is 0 Å². The lowest BCUT2D eigenvalue weighted by Crippen LogP contribution is -2.03. The summed E-state index contributed by atoms with van der Waals surface area (Å²) in [7, 11) is 0. The van der Waals surface area contributed by atoms with E-state index >= 15 is 0 Å². The zero-order valence-corrected chi connectivity index (χ0v) is 16.1. The molecule has 0 N–H and O–H groups in total. The quantitative estimate of drug-likeness (QED) is 0.495. The highest BCUT2D eigenvalue weighted by Crippen LogP contribution is 2.29. The van der Waals surface area contributed by atoms with Gasteiger partial charge in [0.1, 0.15) is 5.75 Å². The van der Waals surface area contributed by atoms with Gasteiger partial charge < -0.3 is 4.74 Å². The number of carbonyl (C=O) groups is 1. The van der Waals surface area contributed by atoms with Gasteiger partial charge in [0.25, 0.3) is 0 Å². The van der Waals surface area contributed by atoms with Crippen LogP contribution in [-0.4, -0.2) is 12.4 Å². The third-order valence-corrected chi connectivity index (χ3v) is 4.63. The summed E-state index contributed by atoms with van der Waals surface area (Å²) in [5.41, 5.74) is 1.24. The third kappa shape index (κ3) is 4.18. The summed E-state index contributed by atoms with van der Waals surface area (Å²) in [5.74, 6) is 0.715. The molecule has 0 radical (unpaired) electrons. The molecule has 0 bridgehead atoms. The fourth-order valence-corrected chi connectivity index (χ4v) is 3.08. The first-order chi connectivity index (χ1) is 10.0. The Balaban J connectivity index is 2.31. The molecule has 0 unspecified atom stereocenters. The van der Waals surface area contributed by atoms with E-state index in [2.05, 4.69) is 54.7 Å². The van der Waals surface area contributed by atoms with Crippen molar-refractivity contribution in [1.29, 1.82) is 0 Å². The Labute approximate surface area is 149 Å². The Kier molecular flexibility index (Phi) is 6.02. The number of rotatable bonds is 5. The van der Waals surface area contributed by atoms with Crippen molar-refractivity contribution >= 4 is 53.6 Å². The highest BCUT2D eigenvalue weighted by Gasteiger charge is 2.14. The van der Waals surface area contributed by atoms with Crippen molar-refractivity contribution in [3.63, 3.8) is 0 Å². The Morgan fingerprint density at radius 1 is 1.05 bits per heavy atom. The second-order valence-corrected chi connectivity index (χ2v) is 7.07. The van der Waals surface area contributed by atoms with Crippen molar-refractivity contribution in [1.82, 2.24) is 0 Å². The molecule has 21 heavy (non-hydrogen) atoms. The molecule has 0 aliphatic carbocycles. The second kappa shape index (κ2) is 7.56. The van der Waals surface area contributed by atoms with Gasteiger partial charge in [-0.3, -0.25) is 4.79 Å². The molecular weight excluding hydrogens is 464 g/mol. The average molecular weight is 477 g/mol. The van der Waals surface area contributed by atoms with Crippen molar-refractivity contribution in [2.24, 2.45) is 0 Å². The minimum atomic E-state index is -0.0362. The van der Waals surface area contributed by atoms with Crippen molar-refractivity contribution in [2.75, 3.05) is 6.61 Å². The lowest BCUT2D eigenvalue weighted by Gasteiger charge is -2.09. The fraction of sp³-hybridized carbons (Fsp3) is 0.188. The van der Waals surface area contributed by atoms with E-state index in [1.165, 1.54) is 0 Å². The number of ether oxygens (including phenoxy) is 1. The van der Waals surface area contributed by atoms with Gasteiger partial charge in [0.15, 0.2) is 5.78 Å². The van der Waals surface area contributed by atoms with E-state index in [0.717, 1.165) is 25.6 Å². The van der Waals surface area contributed by atoms with E-state index in [1.54, 1.807) is 12.1 Å². The summed E-state index contributed by atoms with van der Waals surface area (Å²) in [6.07, 6.45) is 0.943. The van der Waals surface area contributed by atoms with Crippen LogP contribution in [0.3, 0.4) is 0 Å². The second-order valence-electron chi connectivity index (χ2n) is 4.45. The number of ketones is 1. The van der Waals surface area contributed by atoms with E-state index in [1.807, 2.05) is 24.3 Å². The van der Waals surface area contributed by atoms with Gasteiger partial charge >= 0.3 is 0 Å². The summed E-state index contributed by atoms with van der Waals surface area (Å²) in [5, 5.41) is 0. The number of carbonyl (C=O) groups excluding carboxylic acids is 1. The number of halogens is 3. The molecule has 2 nitrogen and oxygen atoms in total. The van der Waals surface area contributed by atoms with E-state index in [9.17, 15) is 4.79 Å². The highest BCUT2D eigenvalue weighted by molar-refractivity contribution is 9.11. The summed E-state index contributed by atoms with van der Waals surface area (Å²) >= 11 is 10.3. The van der Waals surface area contributed by atoms with Crippen LogP contribution in [-0.2, 0) is 0 Å². The van der Waals surface area contributed by atoms with Crippen molar-refractivity contribution in [3.8, 4) is 5.75 Å². The normalized spacial score (nSPS) is 10.5. The molecule has 2 aromatic rings. The van der Waals surface area contributed by atoms with Crippen LogP contribution in [0.2, 0.25) is 0 Å². The van der Waals surface area contributed by atoms with Crippen LogP contribution >= 0.6 is 47.8 Å². The van der Waals surface area contributed by atoms with Crippen LogP contribution in [0.1, 0.15) is 29.3 Å². The van der Waals surface area contributed by atoms with Gasteiger partial charge in [-0.15, -0.1) is 0 Å². The Hall–Kier alpha value is -0.650. The number of hydrogen-bond donors (Lipinski definition) is 0. The zero-order valence-electron chi connectivity index (χ0n) is 11.3. The minimum absolute atomic E-state index is 0.0362. The monoisotopic (exact) mass is 474 g/mol. The van der Waals surface area contributed by atoms with Gasteiger partial charge in [-0.25, -0.2) is 0 Å². The molecule has 0 aromatic heterocycles. The molecule has 0 heterocycles. The van der Waals surface area contributed by atoms with E-state index in [0.29, 0.717) is 17.7 Å². The molecule has 0 atom stereocenters. The molecule has 0 saturated heterocycles. The molecule has 0 amide bonds. The van der Waals surface area contributed by atoms with Gasteiger partial charge in [0.2, 0.25) is 0 Å². The molecule has 0 fully saturated rings. The Morgan fingerprint density at radius 2 is 1.81 bits per heavy atom. The van der Waals surface area contributed by atoms with Crippen LogP contribution in [0, 0.1) is 0 Å². The van der Waals surface area contributed by atoms with Crippen molar-refractivity contribution in [3.05, 3.63) is 60.9 Å². The van der Waals surface area contributed by atoms with Crippen LogP contribution in [0.4, 0.5) is 0 Å². The minimum Gasteiger partial charge on any atom is -0.492 e. The molecule has 0 spiro atoms. The first-order valence-corrected chi connectivity index (χ1v) is 8.83. The van der Waals surface area contributed by atoms with Gasteiger partial charge in [-0.05, 0) is 58.7 Å². The maximum atomic E-state index is 12.6. The number of hydrogen-bond acceptors (Lipinski definition) is 2. The molecular formula is C16H13Br3O2. The van der Waals surface area contributed by atoms with Crippen molar-refractivity contribution in [2.45, 2.75) is 13.3 Å². The lowest BCUT2D eigenvalue weighted by atomic mass is 10.0. The molecule has 0 saturated carbocycles. The molecule has 2 aromatic carbocycles. The molecule has 2 rings (SSSR count). The Bertz CT molecular complexity index is 669. The van der Waals surface area contributed by atoms with Crippen LogP contribution < -0.4 is 4.74 Å². The molecule has 110 valence electrons. The standard InChI is InChI=1S/C16H13Br3O2/c1-2-7-21-15-6-3-10(8-14(15)19)16(20)12-9-11(17)4-5-13(12)18/h3-6,8-9H,2,7H2,1H3. The molecule has 0 aliphatic rings. The van der Waals surface area contributed by atoms with Gasteiger partial charge in [0.05, 0.1) is 11.1 Å². The van der Waals surface area contributed by atoms with Gasteiger partial charge in [0, 0.05) is 20.1 Å². The van der Waals surface area contributed by atoms with Crippen LogP contribution in [0.25, 0.3) is 0 Å². The number of benzene rings is 2. The molecule has 0 aliphatic heterocycles. The first-order valence-electron chi connectivity index (χ1n) is 6.45. The topological polar surface area (TPSA) is 26.3 Å². The summed E-state index contributed by atoms with van der Waals surface area (Å²) in [4.78, 5) is 12.6. The maximum Gasteiger partial charge on any atom is 0.194 e. The zero-order chi connectivity index (χ0) is 15.4. The van der Waals surface area contributed by atoms with E-state index in [-0.39, 0.29) is 5.78 Å². The Morgan fingerprint density at radius 3 is 2.48 bits per heavy atom. The average Bonchev–Trinajstić information content (AvgIpc) is 2.47. The van der Waals surface area contributed by atoms with Crippen LogP contribution in [0.15, 0.2) is 49.8 Å². The highest BCUT2D eigenvalue weighted by atomic mass is 79.9. The summed E-state index contributed by atoms with van der Waals surface area (Å²) in [6.45, 7) is 2.71. The fourth-order valence-electron chi connectivity index (χ4n) is 1.80. The first kappa shape index (κ1) is 16.7. The lowest BCUT2D eigenvalue weighted by molar-refractivity contribution is 0.103. The third-order valence-electron chi connectivity index (χ3n) is 2.83. The SMILES string of the molecule is CCCOc1ccc(C(=O)c2cc(Br)ccc2Br)cc1Br. The maximum absolute atomic E-state index is 12.6. The molecule has 5 heteroatoms. The summed E-state index contributed by atoms with van der Waals surface area (Å²) < 4.78 is 8.03. The smallest absolute Gasteiger partial charge is 0.194 e. The van der Waals surface area contributed by atoms with Crippen molar-refractivity contribution < 1.29 is 9.53 Å². The van der Waals surface area contributed by atoms with E-state index in [4.69, 9.17) is 4.74 Å². The van der Waals surface area contributed by atoms with Gasteiger partial charge in [-0.1, -0.05) is 38.8 Å². The van der Waals surface area contributed by atoms with Gasteiger partial charge in [-0.2, -0.15) is 0 Å². The predicted molar refractivity (Wildman–Crippen MR) is 95.2 cm³/mol.